The third kappa shape index (κ3) is 4.04. The van der Waals surface area contributed by atoms with Gasteiger partial charge in [-0.1, -0.05) is 6.92 Å². The molecule has 0 aliphatic carbocycles. The van der Waals surface area contributed by atoms with Crippen LogP contribution in [0.15, 0.2) is 10.9 Å². The highest BCUT2D eigenvalue weighted by molar-refractivity contribution is 7.07. The zero-order valence-electron chi connectivity index (χ0n) is 11.6. The van der Waals surface area contributed by atoms with Crippen LogP contribution in [0.2, 0.25) is 0 Å². The Bertz CT molecular complexity index is 318. The number of hydrogen-bond acceptors (Lipinski definition) is 4. The fourth-order valence-electron chi connectivity index (χ4n) is 2.75. The number of rotatable bonds is 6. The average molecular weight is 267 g/mol. The molecule has 0 saturated carbocycles. The topological polar surface area (TPSA) is 28.2 Å². The van der Waals surface area contributed by atoms with E-state index in [1.807, 2.05) is 5.51 Å². The van der Waals surface area contributed by atoms with Crippen molar-refractivity contribution in [1.82, 2.24) is 15.2 Å². The fraction of sp³-hybridized carbons (Fsp3) is 0.786. The summed E-state index contributed by atoms with van der Waals surface area (Å²) >= 11 is 1.67. The van der Waals surface area contributed by atoms with Crippen molar-refractivity contribution in [1.29, 1.82) is 0 Å². The van der Waals surface area contributed by atoms with E-state index in [0.29, 0.717) is 6.04 Å². The highest BCUT2D eigenvalue weighted by Gasteiger charge is 2.23. The lowest BCUT2D eigenvalue weighted by molar-refractivity contribution is 0.162. The lowest BCUT2D eigenvalue weighted by Crippen LogP contribution is -2.42. The molecule has 2 rings (SSSR count). The molecule has 1 unspecified atom stereocenters. The molecule has 1 N–H and O–H groups in total. The van der Waals surface area contributed by atoms with E-state index >= 15 is 0 Å². The van der Waals surface area contributed by atoms with Gasteiger partial charge in [0.15, 0.2) is 0 Å². The molecule has 102 valence electrons. The molecule has 0 amide bonds. The van der Waals surface area contributed by atoms with E-state index in [9.17, 15) is 0 Å². The summed E-state index contributed by atoms with van der Waals surface area (Å²) in [5.41, 5.74) is 3.08. The number of nitrogens with zero attached hydrogens (tertiary/aromatic N) is 2. The van der Waals surface area contributed by atoms with Gasteiger partial charge in [0.1, 0.15) is 0 Å². The van der Waals surface area contributed by atoms with Crippen molar-refractivity contribution >= 4 is 11.3 Å². The van der Waals surface area contributed by atoms with Gasteiger partial charge in [-0.2, -0.15) is 0 Å². The first kappa shape index (κ1) is 14.0. The molecule has 1 fully saturated rings. The molecule has 0 spiro atoms. The highest BCUT2D eigenvalue weighted by Crippen LogP contribution is 2.21. The Morgan fingerprint density at radius 3 is 2.89 bits per heavy atom. The van der Waals surface area contributed by atoms with E-state index in [-0.39, 0.29) is 0 Å². The highest BCUT2D eigenvalue weighted by atomic mass is 32.1. The molecule has 1 aliphatic rings. The minimum absolute atomic E-state index is 0.607. The number of aromatic nitrogens is 1. The van der Waals surface area contributed by atoms with Gasteiger partial charge < -0.3 is 10.2 Å². The molecule has 18 heavy (non-hydrogen) atoms. The molecule has 1 atom stereocenters. The Morgan fingerprint density at radius 1 is 1.50 bits per heavy atom. The van der Waals surface area contributed by atoms with Crippen molar-refractivity contribution < 1.29 is 0 Å². The summed E-state index contributed by atoms with van der Waals surface area (Å²) in [6.45, 7) is 9.34. The molecule has 0 bridgehead atoms. The Balaban J connectivity index is 1.69. The first-order valence-electron chi connectivity index (χ1n) is 7.12. The van der Waals surface area contributed by atoms with E-state index in [1.54, 1.807) is 11.3 Å². The monoisotopic (exact) mass is 267 g/mol. The van der Waals surface area contributed by atoms with Gasteiger partial charge in [0, 0.05) is 18.0 Å². The SMILES string of the molecule is CCCN1CCC(C(C)NCc2cscn2)CC1. The van der Waals surface area contributed by atoms with Gasteiger partial charge in [-0.25, -0.2) is 4.98 Å². The number of likely N-dealkylation sites (tertiary alicyclic amines) is 1. The number of nitrogens with one attached hydrogen (secondary N) is 1. The Hall–Kier alpha value is -0.450. The van der Waals surface area contributed by atoms with E-state index in [4.69, 9.17) is 0 Å². The van der Waals surface area contributed by atoms with Gasteiger partial charge in [0.05, 0.1) is 11.2 Å². The predicted molar refractivity (Wildman–Crippen MR) is 77.9 cm³/mol. The van der Waals surface area contributed by atoms with Crippen LogP contribution in [-0.4, -0.2) is 35.6 Å². The van der Waals surface area contributed by atoms with Crippen LogP contribution in [0.3, 0.4) is 0 Å². The van der Waals surface area contributed by atoms with Crippen LogP contribution in [0.25, 0.3) is 0 Å². The summed E-state index contributed by atoms with van der Waals surface area (Å²) in [6.07, 6.45) is 3.96. The van der Waals surface area contributed by atoms with Crippen LogP contribution >= 0.6 is 11.3 Å². The molecule has 2 heterocycles. The smallest absolute Gasteiger partial charge is 0.0795 e. The molecule has 1 saturated heterocycles. The molecule has 0 radical (unpaired) electrons. The molecular weight excluding hydrogens is 242 g/mol. The summed E-state index contributed by atoms with van der Waals surface area (Å²) in [5, 5.41) is 5.76. The molecule has 1 aromatic rings. The second-order valence-corrected chi connectivity index (χ2v) is 6.05. The van der Waals surface area contributed by atoms with Crippen molar-refractivity contribution in [2.24, 2.45) is 5.92 Å². The number of thiazole rings is 1. The maximum Gasteiger partial charge on any atom is 0.0795 e. The van der Waals surface area contributed by atoms with Crippen molar-refractivity contribution in [2.45, 2.75) is 45.7 Å². The molecular formula is C14H25N3S. The minimum atomic E-state index is 0.607. The zero-order valence-corrected chi connectivity index (χ0v) is 12.4. The Morgan fingerprint density at radius 2 is 2.28 bits per heavy atom. The van der Waals surface area contributed by atoms with Crippen LogP contribution in [0.5, 0.6) is 0 Å². The van der Waals surface area contributed by atoms with Gasteiger partial charge in [-0.3, -0.25) is 0 Å². The average Bonchev–Trinajstić information content (AvgIpc) is 2.90. The number of piperidine rings is 1. The van der Waals surface area contributed by atoms with E-state index in [1.165, 1.54) is 44.6 Å². The summed E-state index contributed by atoms with van der Waals surface area (Å²) in [4.78, 5) is 6.92. The van der Waals surface area contributed by atoms with Gasteiger partial charge in [-0.15, -0.1) is 11.3 Å². The largest absolute Gasteiger partial charge is 0.308 e. The van der Waals surface area contributed by atoms with Gasteiger partial charge >= 0.3 is 0 Å². The molecule has 0 aromatic carbocycles. The lowest BCUT2D eigenvalue weighted by Gasteiger charge is -2.35. The standard InChI is InChI=1S/C14H25N3S/c1-3-6-17-7-4-13(5-8-17)12(2)15-9-14-10-18-11-16-14/h10-13,15H,3-9H2,1-2H3. The van der Waals surface area contributed by atoms with Crippen LogP contribution in [0.4, 0.5) is 0 Å². The van der Waals surface area contributed by atoms with Crippen molar-refractivity contribution in [2.75, 3.05) is 19.6 Å². The van der Waals surface area contributed by atoms with Crippen molar-refractivity contribution in [3.63, 3.8) is 0 Å². The number of hydrogen-bond donors (Lipinski definition) is 1. The second kappa shape index (κ2) is 7.22. The van der Waals surface area contributed by atoms with Crippen LogP contribution in [-0.2, 0) is 6.54 Å². The second-order valence-electron chi connectivity index (χ2n) is 5.33. The normalized spacial score (nSPS) is 20.1. The maximum absolute atomic E-state index is 4.32. The maximum atomic E-state index is 4.32. The fourth-order valence-corrected chi connectivity index (χ4v) is 3.31. The summed E-state index contributed by atoms with van der Waals surface area (Å²) < 4.78 is 0. The quantitative estimate of drug-likeness (QED) is 0.859. The van der Waals surface area contributed by atoms with Crippen molar-refractivity contribution in [3.8, 4) is 0 Å². The lowest BCUT2D eigenvalue weighted by atomic mass is 9.90. The third-order valence-electron chi connectivity index (χ3n) is 3.97. The van der Waals surface area contributed by atoms with E-state index in [2.05, 4.69) is 34.4 Å². The predicted octanol–water partition coefficient (Wildman–Crippen LogP) is 2.74. The Kier molecular flexibility index (Phi) is 5.60. The molecule has 1 aliphatic heterocycles. The Labute approximate surface area is 115 Å². The molecule has 3 nitrogen and oxygen atoms in total. The van der Waals surface area contributed by atoms with E-state index in [0.717, 1.165) is 12.5 Å². The first-order valence-corrected chi connectivity index (χ1v) is 8.06. The van der Waals surface area contributed by atoms with Crippen molar-refractivity contribution in [3.05, 3.63) is 16.6 Å². The van der Waals surface area contributed by atoms with Crippen LogP contribution < -0.4 is 5.32 Å². The summed E-state index contributed by atoms with van der Waals surface area (Å²) in [6, 6.07) is 0.607. The first-order chi connectivity index (χ1) is 8.79. The van der Waals surface area contributed by atoms with Crippen LogP contribution in [0, 0.1) is 5.92 Å². The van der Waals surface area contributed by atoms with E-state index < -0.39 is 0 Å². The third-order valence-corrected chi connectivity index (χ3v) is 4.60. The molecule has 4 heteroatoms. The minimum Gasteiger partial charge on any atom is -0.308 e. The summed E-state index contributed by atoms with van der Waals surface area (Å²) in [7, 11) is 0. The van der Waals surface area contributed by atoms with Gasteiger partial charge in [0.25, 0.3) is 0 Å². The van der Waals surface area contributed by atoms with Gasteiger partial charge in [-0.05, 0) is 51.7 Å². The van der Waals surface area contributed by atoms with Gasteiger partial charge in [0.2, 0.25) is 0 Å². The molecule has 1 aromatic heterocycles. The van der Waals surface area contributed by atoms with Crippen LogP contribution in [0.1, 0.15) is 38.8 Å². The summed E-state index contributed by atoms with van der Waals surface area (Å²) in [5.74, 6) is 0.830. The zero-order chi connectivity index (χ0) is 12.8.